The third-order valence-electron chi connectivity index (χ3n) is 2.11. The zero-order chi connectivity index (χ0) is 8.67. The van der Waals surface area contributed by atoms with E-state index >= 15 is 0 Å². The van der Waals surface area contributed by atoms with Crippen LogP contribution >= 0.6 is 0 Å². The van der Waals surface area contributed by atoms with E-state index in [0.717, 1.165) is 22.3 Å². The molecule has 3 nitrogen and oxygen atoms in total. The largest absolute Gasteiger partial charge is 0.464 e. The van der Waals surface area contributed by atoms with E-state index in [4.69, 9.17) is 9.25 Å². The number of rotatable bonds is 0. The molecular formula is C10H7NO2. The van der Waals surface area contributed by atoms with Crippen molar-refractivity contribution in [3.8, 4) is 5.75 Å². The van der Waals surface area contributed by atoms with Crippen molar-refractivity contribution in [2.45, 2.75) is 0 Å². The molecule has 0 radical (unpaired) electrons. The van der Waals surface area contributed by atoms with Gasteiger partial charge < -0.3 is 9.25 Å². The Morgan fingerprint density at radius 1 is 1.15 bits per heavy atom. The average Bonchev–Trinajstić information content (AvgIpc) is 2.65. The number of hydroxylamine groups is 1. The Labute approximate surface area is 74.6 Å². The predicted molar refractivity (Wildman–Crippen MR) is 49.0 cm³/mol. The summed E-state index contributed by atoms with van der Waals surface area (Å²) in [6.45, 7) is 0. The molecule has 1 aromatic carbocycles. The average molecular weight is 173 g/mol. The fourth-order valence-corrected chi connectivity index (χ4v) is 1.50. The van der Waals surface area contributed by atoms with E-state index in [0.29, 0.717) is 0 Å². The maximum Gasteiger partial charge on any atom is 0.173 e. The van der Waals surface area contributed by atoms with Gasteiger partial charge in [0.05, 0.1) is 11.6 Å². The third kappa shape index (κ3) is 0.839. The molecule has 0 saturated heterocycles. The highest BCUT2D eigenvalue weighted by molar-refractivity contribution is 5.88. The molecule has 0 fully saturated rings. The Bertz CT molecular complexity index is 485. The molecule has 1 aliphatic rings. The van der Waals surface area contributed by atoms with Crippen molar-refractivity contribution in [1.29, 1.82) is 0 Å². The van der Waals surface area contributed by atoms with Crippen LogP contribution in [0.25, 0.3) is 17.0 Å². The summed E-state index contributed by atoms with van der Waals surface area (Å²) in [4.78, 5) is 5.30. The molecule has 3 heteroatoms. The molecule has 13 heavy (non-hydrogen) atoms. The summed E-state index contributed by atoms with van der Waals surface area (Å²) in [7, 11) is 0. The summed E-state index contributed by atoms with van der Waals surface area (Å²) in [6, 6.07) is 5.81. The van der Waals surface area contributed by atoms with Crippen molar-refractivity contribution in [2.75, 3.05) is 0 Å². The van der Waals surface area contributed by atoms with Gasteiger partial charge in [-0.15, -0.1) is 0 Å². The standard InChI is InChI=1S/C10H7NO2/c1-2-9-8(4-6-12-9)10-7(1)3-5-11-13-10/h1-6,11H. The molecule has 0 spiro atoms. The van der Waals surface area contributed by atoms with Crippen LogP contribution in [-0.2, 0) is 0 Å². The van der Waals surface area contributed by atoms with Gasteiger partial charge in [0.25, 0.3) is 0 Å². The Morgan fingerprint density at radius 3 is 3.15 bits per heavy atom. The second kappa shape index (κ2) is 2.29. The minimum absolute atomic E-state index is 0.828. The van der Waals surface area contributed by atoms with Crippen molar-refractivity contribution in [3.63, 3.8) is 0 Å². The normalized spacial score (nSPS) is 13.5. The van der Waals surface area contributed by atoms with Gasteiger partial charge in [-0.25, -0.2) is 5.48 Å². The van der Waals surface area contributed by atoms with Gasteiger partial charge in [-0.3, -0.25) is 0 Å². The van der Waals surface area contributed by atoms with E-state index < -0.39 is 0 Å². The molecule has 0 atom stereocenters. The number of fused-ring (bicyclic) bond motifs is 3. The van der Waals surface area contributed by atoms with Gasteiger partial charge >= 0.3 is 0 Å². The summed E-state index contributed by atoms with van der Waals surface area (Å²) in [6.07, 6.45) is 5.38. The van der Waals surface area contributed by atoms with Crippen LogP contribution in [0.3, 0.4) is 0 Å². The molecule has 2 aromatic rings. The smallest absolute Gasteiger partial charge is 0.173 e. The van der Waals surface area contributed by atoms with Crippen LogP contribution in [0.15, 0.2) is 35.1 Å². The van der Waals surface area contributed by atoms with Crippen LogP contribution in [-0.4, -0.2) is 0 Å². The lowest BCUT2D eigenvalue weighted by Gasteiger charge is -2.12. The number of furan rings is 1. The fraction of sp³-hybridized carbons (Fsp3) is 0. The highest BCUT2D eigenvalue weighted by atomic mass is 16.6. The highest BCUT2D eigenvalue weighted by Gasteiger charge is 2.11. The predicted octanol–water partition coefficient (Wildman–Crippen LogP) is 2.30. The number of hydrogen-bond acceptors (Lipinski definition) is 3. The van der Waals surface area contributed by atoms with Crippen LogP contribution < -0.4 is 10.3 Å². The van der Waals surface area contributed by atoms with Gasteiger partial charge in [-0.05, 0) is 24.3 Å². The minimum atomic E-state index is 0.828. The molecule has 1 N–H and O–H groups in total. The molecule has 0 amide bonds. The van der Waals surface area contributed by atoms with Gasteiger partial charge in [0, 0.05) is 11.8 Å². The van der Waals surface area contributed by atoms with Crippen LogP contribution in [0.4, 0.5) is 0 Å². The van der Waals surface area contributed by atoms with Crippen molar-refractivity contribution in [1.82, 2.24) is 5.48 Å². The fourth-order valence-electron chi connectivity index (χ4n) is 1.50. The molecule has 0 aliphatic carbocycles. The van der Waals surface area contributed by atoms with Gasteiger partial charge in [0.15, 0.2) is 5.75 Å². The summed E-state index contributed by atoms with van der Waals surface area (Å²) < 4.78 is 5.25. The maximum atomic E-state index is 5.30. The Balaban J connectivity index is 2.42. The zero-order valence-electron chi connectivity index (χ0n) is 6.78. The lowest BCUT2D eigenvalue weighted by molar-refractivity contribution is 0.242. The highest BCUT2D eigenvalue weighted by Crippen LogP contribution is 2.32. The SMILES string of the molecule is C1=Cc2ccc3occc3c2ON1. The first-order valence-corrected chi connectivity index (χ1v) is 4.04. The van der Waals surface area contributed by atoms with E-state index in [2.05, 4.69) is 5.48 Å². The van der Waals surface area contributed by atoms with Crippen LogP contribution in [0.1, 0.15) is 5.56 Å². The maximum absolute atomic E-state index is 5.30. The summed E-state index contributed by atoms with van der Waals surface area (Å²) in [5, 5.41) is 0.995. The first-order chi connectivity index (χ1) is 6.45. The number of nitrogens with one attached hydrogen (secondary N) is 1. The zero-order valence-corrected chi connectivity index (χ0v) is 6.78. The minimum Gasteiger partial charge on any atom is -0.464 e. The number of hydrogen-bond donors (Lipinski definition) is 1. The van der Waals surface area contributed by atoms with Gasteiger partial charge in [-0.1, -0.05) is 0 Å². The molecular weight excluding hydrogens is 166 g/mol. The summed E-state index contributed by atoms with van der Waals surface area (Å²) >= 11 is 0. The molecule has 1 aliphatic heterocycles. The van der Waals surface area contributed by atoms with Gasteiger partial charge in [0.2, 0.25) is 0 Å². The van der Waals surface area contributed by atoms with E-state index in [1.165, 1.54) is 0 Å². The number of benzene rings is 1. The van der Waals surface area contributed by atoms with Crippen molar-refractivity contribution < 1.29 is 9.25 Å². The summed E-state index contributed by atoms with van der Waals surface area (Å²) in [5.41, 5.74) is 4.61. The summed E-state index contributed by atoms with van der Waals surface area (Å²) in [5.74, 6) is 0.828. The first kappa shape index (κ1) is 6.60. The van der Waals surface area contributed by atoms with Gasteiger partial charge in [-0.2, -0.15) is 0 Å². The molecule has 2 heterocycles. The molecule has 0 unspecified atom stereocenters. The first-order valence-electron chi connectivity index (χ1n) is 4.04. The van der Waals surface area contributed by atoms with Crippen LogP contribution in [0.5, 0.6) is 5.75 Å². The molecule has 64 valence electrons. The molecule has 0 bridgehead atoms. The Hall–Kier alpha value is -1.90. The molecule has 0 saturated carbocycles. The Kier molecular flexibility index (Phi) is 1.16. The van der Waals surface area contributed by atoms with Crippen LogP contribution in [0, 0.1) is 0 Å². The lowest BCUT2D eigenvalue weighted by Crippen LogP contribution is -2.14. The van der Waals surface area contributed by atoms with Crippen molar-refractivity contribution in [2.24, 2.45) is 0 Å². The lowest BCUT2D eigenvalue weighted by atomic mass is 10.1. The molecule has 1 aromatic heterocycles. The van der Waals surface area contributed by atoms with Gasteiger partial charge in [0.1, 0.15) is 5.58 Å². The Morgan fingerprint density at radius 2 is 2.15 bits per heavy atom. The van der Waals surface area contributed by atoms with E-state index in [1.54, 1.807) is 12.5 Å². The van der Waals surface area contributed by atoms with E-state index in [9.17, 15) is 0 Å². The second-order valence-corrected chi connectivity index (χ2v) is 2.87. The van der Waals surface area contributed by atoms with Crippen molar-refractivity contribution in [3.05, 3.63) is 36.2 Å². The van der Waals surface area contributed by atoms with E-state index in [-0.39, 0.29) is 0 Å². The topological polar surface area (TPSA) is 34.4 Å². The van der Waals surface area contributed by atoms with Crippen LogP contribution in [0.2, 0.25) is 0 Å². The monoisotopic (exact) mass is 173 g/mol. The molecule has 3 rings (SSSR count). The second-order valence-electron chi connectivity index (χ2n) is 2.87. The van der Waals surface area contributed by atoms with E-state index in [1.807, 2.05) is 24.3 Å². The van der Waals surface area contributed by atoms with Crippen molar-refractivity contribution >= 4 is 17.0 Å². The third-order valence-corrected chi connectivity index (χ3v) is 2.11. The quantitative estimate of drug-likeness (QED) is 0.663.